The predicted molar refractivity (Wildman–Crippen MR) is 79.3 cm³/mol. The zero-order chi connectivity index (χ0) is 16.3. The lowest BCUT2D eigenvalue weighted by Crippen LogP contribution is -2.36. The second kappa shape index (κ2) is 11.4. The van der Waals surface area contributed by atoms with E-state index >= 15 is 0 Å². The molecular formula is C13H28N4O4. The van der Waals surface area contributed by atoms with Gasteiger partial charge in [0, 0.05) is 6.54 Å². The summed E-state index contributed by atoms with van der Waals surface area (Å²) in [6.45, 7) is 1.31. The van der Waals surface area contributed by atoms with Crippen molar-refractivity contribution in [1.29, 1.82) is 0 Å². The van der Waals surface area contributed by atoms with E-state index in [0.29, 0.717) is 25.8 Å². The van der Waals surface area contributed by atoms with Crippen LogP contribution in [0.5, 0.6) is 0 Å². The van der Waals surface area contributed by atoms with Gasteiger partial charge in [-0.3, -0.25) is 4.79 Å². The van der Waals surface area contributed by atoms with Gasteiger partial charge in [0.25, 0.3) is 0 Å². The number of unbranched alkanes of at least 4 members (excludes halogenated alkanes) is 1. The number of aliphatic carboxylic acids is 1. The Kier molecular flexibility index (Phi) is 10.8. The first-order valence-electron chi connectivity index (χ1n) is 7.16. The molecule has 6 N–H and O–H groups in total. The number of hydrogen-bond acceptors (Lipinski definition) is 7. The van der Waals surface area contributed by atoms with E-state index in [9.17, 15) is 9.59 Å². The van der Waals surface area contributed by atoms with Crippen molar-refractivity contribution in [3.63, 3.8) is 0 Å². The molecule has 0 rings (SSSR count). The maximum atomic E-state index is 11.5. The van der Waals surface area contributed by atoms with Gasteiger partial charge in [-0.2, -0.15) is 5.48 Å². The van der Waals surface area contributed by atoms with Gasteiger partial charge >= 0.3 is 11.9 Å². The number of carbonyl (C=O) groups excluding carboxylic acids is 1. The van der Waals surface area contributed by atoms with Crippen molar-refractivity contribution in [2.24, 2.45) is 11.5 Å². The highest BCUT2D eigenvalue weighted by Crippen LogP contribution is 2.01. The highest BCUT2D eigenvalue weighted by atomic mass is 16.7. The molecule has 0 aliphatic rings. The highest BCUT2D eigenvalue weighted by molar-refractivity contribution is 5.75. The van der Waals surface area contributed by atoms with E-state index in [1.165, 1.54) is 0 Å². The van der Waals surface area contributed by atoms with Crippen LogP contribution in [0.3, 0.4) is 0 Å². The SMILES string of the molecule is CN(C)CCCC[C@H](N)C(=O)ONCCC[C@@H](N)C(=O)O. The molecule has 21 heavy (non-hydrogen) atoms. The van der Waals surface area contributed by atoms with Gasteiger partial charge in [0.1, 0.15) is 12.1 Å². The van der Waals surface area contributed by atoms with E-state index in [-0.39, 0.29) is 0 Å². The van der Waals surface area contributed by atoms with Crippen LogP contribution in [0.1, 0.15) is 32.1 Å². The first-order chi connectivity index (χ1) is 9.84. The van der Waals surface area contributed by atoms with Gasteiger partial charge in [-0.05, 0) is 46.3 Å². The van der Waals surface area contributed by atoms with Crippen LogP contribution >= 0.6 is 0 Å². The predicted octanol–water partition coefficient (Wildman–Crippen LogP) is -0.714. The fourth-order valence-electron chi connectivity index (χ4n) is 1.63. The Morgan fingerprint density at radius 1 is 1.14 bits per heavy atom. The smallest absolute Gasteiger partial charge is 0.341 e. The minimum absolute atomic E-state index is 0.316. The molecule has 0 fully saturated rings. The van der Waals surface area contributed by atoms with Crippen LogP contribution in [0.15, 0.2) is 0 Å². The monoisotopic (exact) mass is 304 g/mol. The number of carboxylic acids is 1. The van der Waals surface area contributed by atoms with Crippen molar-refractivity contribution in [2.45, 2.75) is 44.2 Å². The lowest BCUT2D eigenvalue weighted by atomic mass is 10.1. The van der Waals surface area contributed by atoms with Gasteiger partial charge in [-0.15, -0.1) is 0 Å². The van der Waals surface area contributed by atoms with Gasteiger partial charge in [0.05, 0.1) is 0 Å². The lowest BCUT2D eigenvalue weighted by Gasteiger charge is -2.13. The minimum atomic E-state index is -1.04. The third kappa shape index (κ3) is 11.1. The number of nitrogens with two attached hydrogens (primary N) is 2. The van der Waals surface area contributed by atoms with Crippen molar-refractivity contribution < 1.29 is 19.5 Å². The minimum Gasteiger partial charge on any atom is -0.480 e. The van der Waals surface area contributed by atoms with Crippen LogP contribution in [0.2, 0.25) is 0 Å². The van der Waals surface area contributed by atoms with Crippen molar-refractivity contribution in [3.05, 3.63) is 0 Å². The topological polar surface area (TPSA) is 131 Å². The molecule has 2 atom stereocenters. The average molecular weight is 304 g/mol. The Balaban J connectivity index is 3.58. The Hall–Kier alpha value is -1.22. The number of nitrogens with one attached hydrogen (secondary N) is 1. The van der Waals surface area contributed by atoms with E-state index < -0.39 is 24.0 Å². The maximum Gasteiger partial charge on any atom is 0.341 e. The average Bonchev–Trinajstić information content (AvgIpc) is 2.41. The van der Waals surface area contributed by atoms with Crippen LogP contribution in [0, 0.1) is 0 Å². The fourth-order valence-corrected chi connectivity index (χ4v) is 1.63. The Bertz CT molecular complexity index is 313. The number of hydrogen-bond donors (Lipinski definition) is 4. The van der Waals surface area contributed by atoms with Crippen molar-refractivity contribution in [3.8, 4) is 0 Å². The van der Waals surface area contributed by atoms with Crippen molar-refractivity contribution >= 4 is 11.9 Å². The molecule has 0 spiro atoms. The second-order valence-corrected chi connectivity index (χ2v) is 5.31. The normalized spacial score (nSPS) is 14.0. The molecule has 0 heterocycles. The molecule has 0 amide bonds. The van der Waals surface area contributed by atoms with Gasteiger partial charge in [-0.25, -0.2) is 4.79 Å². The molecule has 0 saturated carbocycles. The van der Waals surface area contributed by atoms with Gasteiger partial charge in [0.15, 0.2) is 0 Å². The number of hydroxylamine groups is 1. The summed E-state index contributed by atoms with van der Waals surface area (Å²) in [5.74, 6) is -1.53. The van der Waals surface area contributed by atoms with Crippen molar-refractivity contribution in [1.82, 2.24) is 10.4 Å². The van der Waals surface area contributed by atoms with Crippen LogP contribution in [-0.2, 0) is 14.4 Å². The molecular weight excluding hydrogens is 276 g/mol. The lowest BCUT2D eigenvalue weighted by molar-refractivity contribution is -0.153. The quantitative estimate of drug-likeness (QED) is 0.274. The maximum absolute atomic E-state index is 11.5. The number of carboxylic acid groups (broad SMARTS) is 1. The Labute approximate surface area is 125 Å². The van der Waals surface area contributed by atoms with Crippen LogP contribution in [-0.4, -0.2) is 61.2 Å². The summed E-state index contributed by atoms with van der Waals surface area (Å²) in [4.78, 5) is 28.9. The standard InChI is InChI=1S/C13H28N4O4/c1-17(2)9-4-3-6-11(15)13(20)21-16-8-5-7-10(14)12(18)19/h10-11,16H,3-9,14-15H2,1-2H3,(H,18,19)/t10-,11+/m1/s1. The molecule has 124 valence electrons. The van der Waals surface area contributed by atoms with Gasteiger partial charge < -0.3 is 26.3 Å². The van der Waals surface area contributed by atoms with Crippen molar-refractivity contribution in [2.75, 3.05) is 27.2 Å². The summed E-state index contributed by atoms with van der Waals surface area (Å²) in [5.41, 5.74) is 13.5. The molecule has 0 aliphatic heterocycles. The van der Waals surface area contributed by atoms with Crippen LogP contribution in [0.4, 0.5) is 0 Å². The molecule has 8 heteroatoms. The van der Waals surface area contributed by atoms with Crippen LogP contribution in [0.25, 0.3) is 0 Å². The molecule has 0 aromatic carbocycles. The number of nitrogens with zero attached hydrogens (tertiary/aromatic N) is 1. The van der Waals surface area contributed by atoms with E-state index in [2.05, 4.69) is 10.4 Å². The molecule has 0 aromatic heterocycles. The van der Waals surface area contributed by atoms with Crippen LogP contribution < -0.4 is 16.9 Å². The second-order valence-electron chi connectivity index (χ2n) is 5.31. The molecule has 8 nitrogen and oxygen atoms in total. The molecule has 0 aromatic rings. The molecule has 0 unspecified atom stereocenters. The first-order valence-corrected chi connectivity index (χ1v) is 7.16. The molecule has 0 aliphatic carbocycles. The van der Waals surface area contributed by atoms with E-state index in [1.807, 2.05) is 14.1 Å². The fraction of sp³-hybridized carbons (Fsp3) is 0.846. The largest absolute Gasteiger partial charge is 0.480 e. The van der Waals surface area contributed by atoms with E-state index in [1.54, 1.807) is 0 Å². The summed E-state index contributed by atoms with van der Waals surface area (Å²) in [6, 6.07) is -1.53. The highest BCUT2D eigenvalue weighted by Gasteiger charge is 2.15. The van der Waals surface area contributed by atoms with E-state index in [4.69, 9.17) is 21.4 Å². The third-order valence-corrected chi connectivity index (χ3v) is 2.96. The molecule has 0 bridgehead atoms. The first kappa shape index (κ1) is 19.8. The number of rotatable bonds is 12. The summed E-state index contributed by atoms with van der Waals surface area (Å²) in [6.07, 6.45) is 3.24. The zero-order valence-electron chi connectivity index (χ0n) is 12.9. The zero-order valence-corrected chi connectivity index (χ0v) is 12.9. The van der Waals surface area contributed by atoms with Gasteiger partial charge in [0.2, 0.25) is 0 Å². The summed E-state index contributed by atoms with van der Waals surface area (Å²) >= 11 is 0. The summed E-state index contributed by atoms with van der Waals surface area (Å²) in [7, 11) is 3.99. The van der Waals surface area contributed by atoms with Gasteiger partial charge in [-0.1, -0.05) is 6.42 Å². The summed E-state index contributed by atoms with van der Waals surface area (Å²) < 4.78 is 0. The molecule has 0 saturated heterocycles. The molecule has 0 radical (unpaired) electrons. The van der Waals surface area contributed by atoms with E-state index in [0.717, 1.165) is 19.4 Å². The Morgan fingerprint density at radius 3 is 2.33 bits per heavy atom. The summed E-state index contributed by atoms with van der Waals surface area (Å²) in [5, 5.41) is 8.59. The third-order valence-electron chi connectivity index (χ3n) is 2.96. The number of carbonyl (C=O) groups is 2. The Morgan fingerprint density at radius 2 is 1.76 bits per heavy atom.